The molecule has 0 radical (unpaired) electrons. The van der Waals surface area contributed by atoms with Gasteiger partial charge in [-0.1, -0.05) is 36.4 Å². The molecule has 0 bridgehead atoms. The van der Waals surface area contributed by atoms with Gasteiger partial charge in [-0.3, -0.25) is 0 Å². The van der Waals surface area contributed by atoms with E-state index in [0.717, 1.165) is 24.6 Å². The third-order valence-corrected chi connectivity index (χ3v) is 4.36. The Hall–Kier alpha value is -1.80. The number of likely N-dealkylation sites (tertiary alicyclic amines) is 1. The van der Waals surface area contributed by atoms with Crippen molar-refractivity contribution >= 4 is 0 Å². The van der Waals surface area contributed by atoms with Gasteiger partial charge >= 0.3 is 0 Å². The Kier molecular flexibility index (Phi) is 2.39. The van der Waals surface area contributed by atoms with Crippen LogP contribution in [0.25, 0.3) is 0 Å². The van der Waals surface area contributed by atoms with Crippen LogP contribution < -0.4 is 4.74 Å². The lowest BCUT2D eigenvalue weighted by molar-refractivity contribution is 0.401. The Morgan fingerprint density at radius 2 is 1.32 bits per heavy atom. The summed E-state index contributed by atoms with van der Waals surface area (Å²) in [5.74, 6) is 3.14. The Labute approximate surface area is 113 Å². The quantitative estimate of drug-likeness (QED) is 0.709. The summed E-state index contributed by atoms with van der Waals surface area (Å²) in [5.41, 5.74) is 2.71. The summed E-state index contributed by atoms with van der Waals surface area (Å²) in [6.45, 7) is 2.22. The lowest BCUT2D eigenvalue weighted by atomic mass is 9.84. The van der Waals surface area contributed by atoms with E-state index in [4.69, 9.17) is 4.74 Å². The molecule has 0 N–H and O–H groups in total. The highest BCUT2D eigenvalue weighted by atomic mass is 16.5. The average Bonchev–Trinajstić information content (AvgIpc) is 2.76. The van der Waals surface area contributed by atoms with Crippen LogP contribution in [0.3, 0.4) is 0 Å². The number of nitrogens with zero attached hydrogens (tertiary/aromatic N) is 1. The molecule has 2 aromatic carbocycles. The lowest BCUT2D eigenvalue weighted by Gasteiger charge is -2.16. The third-order valence-electron chi connectivity index (χ3n) is 4.36. The molecule has 2 heterocycles. The molecule has 2 heteroatoms. The van der Waals surface area contributed by atoms with Crippen molar-refractivity contribution in [2.75, 3.05) is 20.1 Å². The molecule has 19 heavy (non-hydrogen) atoms. The van der Waals surface area contributed by atoms with Crippen molar-refractivity contribution in [1.82, 2.24) is 4.90 Å². The molecule has 0 spiro atoms. The monoisotopic (exact) mass is 251 g/mol. The molecule has 0 aromatic heterocycles. The normalized spacial score (nSPS) is 24.9. The van der Waals surface area contributed by atoms with Gasteiger partial charge in [0.25, 0.3) is 0 Å². The third kappa shape index (κ3) is 1.67. The van der Waals surface area contributed by atoms with E-state index < -0.39 is 0 Å². The van der Waals surface area contributed by atoms with Gasteiger partial charge in [0.1, 0.15) is 11.5 Å². The van der Waals surface area contributed by atoms with Gasteiger partial charge in [-0.05, 0) is 30.3 Å². The zero-order chi connectivity index (χ0) is 12.8. The molecule has 0 saturated carbocycles. The van der Waals surface area contributed by atoms with Crippen molar-refractivity contribution < 1.29 is 4.74 Å². The summed E-state index contributed by atoms with van der Waals surface area (Å²) in [5, 5.41) is 0. The van der Waals surface area contributed by atoms with Crippen LogP contribution in [-0.4, -0.2) is 25.0 Å². The van der Waals surface area contributed by atoms with Gasteiger partial charge in [-0.25, -0.2) is 0 Å². The standard InChI is InChI=1S/C17H17NO/c1-18-10-14-12-6-2-4-8-16(12)19-17-9-5-3-7-13(17)15(14)11-18/h2-9,14-15H,10-11H2,1H3/t14-,15?/m0/s1. The molecular formula is C17H17NO. The van der Waals surface area contributed by atoms with Crippen molar-refractivity contribution in [3.63, 3.8) is 0 Å². The van der Waals surface area contributed by atoms with Crippen LogP contribution in [0.5, 0.6) is 11.5 Å². The largest absolute Gasteiger partial charge is 0.457 e. The highest BCUT2D eigenvalue weighted by molar-refractivity contribution is 5.50. The van der Waals surface area contributed by atoms with E-state index in [1.165, 1.54) is 11.1 Å². The van der Waals surface area contributed by atoms with Crippen molar-refractivity contribution in [3.8, 4) is 11.5 Å². The molecule has 2 atom stereocenters. The van der Waals surface area contributed by atoms with Gasteiger partial charge in [-0.15, -0.1) is 0 Å². The lowest BCUT2D eigenvalue weighted by Crippen LogP contribution is -2.14. The van der Waals surface area contributed by atoms with Crippen LogP contribution in [0.4, 0.5) is 0 Å². The molecule has 0 aliphatic carbocycles. The second-order valence-electron chi connectivity index (χ2n) is 5.61. The van der Waals surface area contributed by atoms with Crippen molar-refractivity contribution in [2.24, 2.45) is 0 Å². The number of benzene rings is 2. The van der Waals surface area contributed by atoms with Gasteiger partial charge in [-0.2, -0.15) is 0 Å². The minimum atomic E-state index is 0.546. The van der Waals surface area contributed by atoms with E-state index in [0.29, 0.717) is 11.8 Å². The van der Waals surface area contributed by atoms with Crippen molar-refractivity contribution in [3.05, 3.63) is 59.7 Å². The Bertz CT molecular complexity index is 569. The van der Waals surface area contributed by atoms with E-state index in [9.17, 15) is 0 Å². The zero-order valence-corrected chi connectivity index (χ0v) is 11.0. The number of likely N-dealkylation sites (N-methyl/N-ethyl adjacent to an activating group) is 1. The highest BCUT2D eigenvalue weighted by Crippen LogP contribution is 2.49. The molecule has 0 amide bonds. The number of rotatable bonds is 0. The SMILES string of the molecule is CN1CC2c3ccccc3Oc3ccccc3[C@@H]2C1. The summed E-state index contributed by atoms with van der Waals surface area (Å²) >= 11 is 0. The number of fused-ring (bicyclic) bond motifs is 5. The van der Waals surface area contributed by atoms with Crippen LogP contribution in [0.2, 0.25) is 0 Å². The number of para-hydroxylation sites is 2. The molecule has 1 fully saturated rings. The molecule has 2 nitrogen and oxygen atoms in total. The van der Waals surface area contributed by atoms with E-state index in [1.54, 1.807) is 0 Å². The summed E-state index contributed by atoms with van der Waals surface area (Å²) < 4.78 is 6.16. The number of ether oxygens (including phenoxy) is 1. The number of hydrogen-bond donors (Lipinski definition) is 0. The zero-order valence-electron chi connectivity index (χ0n) is 11.0. The smallest absolute Gasteiger partial charge is 0.130 e. The average molecular weight is 251 g/mol. The minimum absolute atomic E-state index is 0.546. The van der Waals surface area contributed by atoms with Crippen LogP contribution in [-0.2, 0) is 0 Å². The van der Waals surface area contributed by atoms with Gasteiger partial charge in [0, 0.05) is 24.9 Å². The van der Waals surface area contributed by atoms with Crippen LogP contribution >= 0.6 is 0 Å². The second-order valence-corrected chi connectivity index (χ2v) is 5.61. The van der Waals surface area contributed by atoms with E-state index in [-0.39, 0.29) is 0 Å². The maximum atomic E-state index is 6.16. The molecular weight excluding hydrogens is 234 g/mol. The molecule has 2 aliphatic rings. The molecule has 1 unspecified atom stereocenters. The Balaban J connectivity index is 1.93. The molecule has 4 rings (SSSR count). The first-order valence-corrected chi connectivity index (χ1v) is 6.87. The fourth-order valence-electron chi connectivity index (χ4n) is 3.51. The first-order chi connectivity index (χ1) is 9.33. The summed E-state index contributed by atoms with van der Waals surface area (Å²) in [6.07, 6.45) is 0. The van der Waals surface area contributed by atoms with E-state index in [1.807, 2.05) is 0 Å². The first kappa shape index (κ1) is 11.1. The van der Waals surface area contributed by atoms with Gasteiger partial charge in [0.05, 0.1) is 0 Å². The summed E-state index contributed by atoms with van der Waals surface area (Å²) in [4.78, 5) is 2.42. The van der Waals surface area contributed by atoms with E-state index in [2.05, 4.69) is 60.5 Å². The Morgan fingerprint density at radius 1 is 0.842 bits per heavy atom. The number of hydrogen-bond acceptors (Lipinski definition) is 2. The fraction of sp³-hybridized carbons (Fsp3) is 0.294. The van der Waals surface area contributed by atoms with Gasteiger partial charge < -0.3 is 9.64 Å². The van der Waals surface area contributed by atoms with Crippen molar-refractivity contribution in [1.29, 1.82) is 0 Å². The van der Waals surface area contributed by atoms with Gasteiger partial charge in [0.2, 0.25) is 0 Å². The van der Waals surface area contributed by atoms with Crippen LogP contribution in [0.1, 0.15) is 23.0 Å². The van der Waals surface area contributed by atoms with Crippen LogP contribution in [0, 0.1) is 0 Å². The minimum Gasteiger partial charge on any atom is -0.457 e. The summed E-state index contributed by atoms with van der Waals surface area (Å²) in [7, 11) is 2.21. The molecule has 2 aromatic rings. The topological polar surface area (TPSA) is 12.5 Å². The van der Waals surface area contributed by atoms with Crippen molar-refractivity contribution in [2.45, 2.75) is 11.8 Å². The molecule has 1 saturated heterocycles. The second kappa shape index (κ2) is 4.10. The summed E-state index contributed by atoms with van der Waals surface area (Å²) in [6, 6.07) is 17.0. The maximum absolute atomic E-state index is 6.16. The maximum Gasteiger partial charge on any atom is 0.130 e. The predicted octanol–water partition coefficient (Wildman–Crippen LogP) is 3.61. The molecule has 96 valence electrons. The highest BCUT2D eigenvalue weighted by Gasteiger charge is 2.38. The molecule has 2 aliphatic heterocycles. The fourth-order valence-corrected chi connectivity index (χ4v) is 3.51. The van der Waals surface area contributed by atoms with E-state index >= 15 is 0 Å². The first-order valence-electron chi connectivity index (χ1n) is 6.87. The van der Waals surface area contributed by atoms with Gasteiger partial charge in [0.15, 0.2) is 0 Å². The Morgan fingerprint density at radius 3 is 1.84 bits per heavy atom. The predicted molar refractivity (Wildman–Crippen MR) is 75.9 cm³/mol. The van der Waals surface area contributed by atoms with Crippen LogP contribution in [0.15, 0.2) is 48.5 Å².